The van der Waals surface area contributed by atoms with Crippen LogP contribution in [-0.2, 0) is 4.79 Å². The zero-order valence-electron chi connectivity index (χ0n) is 7.66. The van der Waals surface area contributed by atoms with Gasteiger partial charge in [0.2, 0.25) is 0 Å². The predicted octanol–water partition coefficient (Wildman–Crippen LogP) is 1.87. The number of benzene rings is 1. The molecule has 1 N–H and O–H groups in total. The van der Waals surface area contributed by atoms with Crippen LogP contribution >= 0.6 is 27.5 Å². The molecule has 5 nitrogen and oxygen atoms in total. The van der Waals surface area contributed by atoms with E-state index in [4.69, 9.17) is 11.6 Å². The maximum absolute atomic E-state index is 11.4. The maximum Gasteiger partial charge on any atom is 0.311 e. The van der Waals surface area contributed by atoms with Crippen LogP contribution in [0.4, 0.5) is 0 Å². The summed E-state index contributed by atoms with van der Waals surface area (Å²) in [5.41, 5.74) is 0.349. The van der Waals surface area contributed by atoms with Gasteiger partial charge in [0.05, 0.1) is 16.1 Å². The number of fused-ring (bicyclic) bond motifs is 1. The van der Waals surface area contributed by atoms with Gasteiger partial charge < -0.3 is 9.72 Å². The molecule has 16 heavy (non-hydrogen) atoms. The Morgan fingerprint density at radius 1 is 1.50 bits per heavy atom. The SMILES string of the molecule is O=COc1nc2cc(Br)c(Cl)cc2[nH]c1=O. The molecule has 0 spiro atoms. The van der Waals surface area contributed by atoms with E-state index in [2.05, 4.69) is 30.6 Å². The number of aromatic amines is 1. The molecule has 0 radical (unpaired) electrons. The lowest BCUT2D eigenvalue weighted by Crippen LogP contribution is -2.12. The fraction of sp³-hybridized carbons (Fsp3) is 0. The average molecular weight is 303 g/mol. The summed E-state index contributed by atoms with van der Waals surface area (Å²) in [7, 11) is 0. The second-order valence-electron chi connectivity index (χ2n) is 2.87. The van der Waals surface area contributed by atoms with E-state index in [-0.39, 0.29) is 12.4 Å². The molecule has 0 amide bonds. The highest BCUT2D eigenvalue weighted by Crippen LogP contribution is 2.26. The molecule has 0 saturated carbocycles. The minimum Gasteiger partial charge on any atom is -0.404 e. The van der Waals surface area contributed by atoms with Crippen molar-refractivity contribution in [3.8, 4) is 5.88 Å². The largest absolute Gasteiger partial charge is 0.404 e. The molecule has 0 aliphatic heterocycles. The van der Waals surface area contributed by atoms with E-state index < -0.39 is 5.56 Å². The molecule has 7 heteroatoms. The maximum atomic E-state index is 11.4. The molecule has 0 atom stereocenters. The summed E-state index contributed by atoms with van der Waals surface area (Å²) in [6, 6.07) is 3.17. The van der Waals surface area contributed by atoms with Crippen LogP contribution in [-0.4, -0.2) is 16.4 Å². The number of aromatic nitrogens is 2. The molecule has 1 heterocycles. The molecular formula is C9H4BrClN2O3. The zero-order valence-corrected chi connectivity index (χ0v) is 10.0. The van der Waals surface area contributed by atoms with E-state index in [1.54, 1.807) is 12.1 Å². The molecule has 2 aromatic rings. The van der Waals surface area contributed by atoms with Crippen molar-refractivity contribution in [2.24, 2.45) is 0 Å². The first kappa shape index (κ1) is 11.1. The minimum atomic E-state index is -0.585. The Kier molecular flexibility index (Phi) is 2.93. The lowest BCUT2D eigenvalue weighted by molar-refractivity contribution is -0.121. The Morgan fingerprint density at radius 3 is 2.94 bits per heavy atom. The number of halogens is 2. The number of carbonyl (C=O) groups excluding carboxylic acids is 1. The molecule has 0 saturated heterocycles. The second-order valence-corrected chi connectivity index (χ2v) is 4.13. The Hall–Kier alpha value is -1.40. The van der Waals surface area contributed by atoms with E-state index in [1.807, 2.05) is 0 Å². The van der Waals surface area contributed by atoms with Gasteiger partial charge in [0.15, 0.2) is 0 Å². The smallest absolute Gasteiger partial charge is 0.311 e. The Balaban J connectivity index is 2.74. The second kappa shape index (κ2) is 4.23. The van der Waals surface area contributed by atoms with Crippen molar-refractivity contribution in [2.75, 3.05) is 0 Å². The monoisotopic (exact) mass is 302 g/mol. The summed E-state index contributed by atoms with van der Waals surface area (Å²) in [6.45, 7) is 0.147. The van der Waals surface area contributed by atoms with Gasteiger partial charge in [0.1, 0.15) is 0 Å². The highest BCUT2D eigenvalue weighted by Gasteiger charge is 2.08. The van der Waals surface area contributed by atoms with Crippen LogP contribution in [0.2, 0.25) is 5.02 Å². The van der Waals surface area contributed by atoms with Gasteiger partial charge in [-0.3, -0.25) is 9.59 Å². The van der Waals surface area contributed by atoms with Gasteiger partial charge in [-0.15, -0.1) is 0 Å². The van der Waals surface area contributed by atoms with Crippen LogP contribution in [0.5, 0.6) is 5.88 Å². The third-order valence-electron chi connectivity index (χ3n) is 1.86. The summed E-state index contributed by atoms with van der Waals surface area (Å²) in [5, 5.41) is 0.453. The van der Waals surface area contributed by atoms with Crippen molar-refractivity contribution >= 4 is 45.0 Å². The minimum absolute atomic E-state index is 0.147. The van der Waals surface area contributed by atoms with Crippen molar-refractivity contribution < 1.29 is 9.53 Å². The van der Waals surface area contributed by atoms with Gasteiger partial charge in [0.25, 0.3) is 12.4 Å². The highest BCUT2D eigenvalue weighted by atomic mass is 79.9. The van der Waals surface area contributed by atoms with Crippen LogP contribution in [0.3, 0.4) is 0 Å². The summed E-state index contributed by atoms with van der Waals surface area (Å²) < 4.78 is 5.07. The summed E-state index contributed by atoms with van der Waals surface area (Å²) in [5.74, 6) is -0.295. The third kappa shape index (κ3) is 1.94. The first-order valence-electron chi connectivity index (χ1n) is 4.11. The lowest BCUT2D eigenvalue weighted by Gasteiger charge is -2.02. The van der Waals surface area contributed by atoms with Crippen LogP contribution in [0, 0.1) is 0 Å². The van der Waals surface area contributed by atoms with Crippen LogP contribution in [0.25, 0.3) is 11.0 Å². The molecule has 1 aromatic carbocycles. The molecule has 0 bridgehead atoms. The summed E-state index contributed by atoms with van der Waals surface area (Å²) in [6.07, 6.45) is 0. The van der Waals surface area contributed by atoms with Gasteiger partial charge in [-0.05, 0) is 28.1 Å². The Morgan fingerprint density at radius 2 is 2.25 bits per heavy atom. The van der Waals surface area contributed by atoms with E-state index in [0.717, 1.165) is 0 Å². The van der Waals surface area contributed by atoms with Gasteiger partial charge in [-0.25, -0.2) is 4.98 Å². The van der Waals surface area contributed by atoms with Crippen molar-refractivity contribution in [1.29, 1.82) is 0 Å². The van der Waals surface area contributed by atoms with Crippen LogP contribution < -0.4 is 10.3 Å². The van der Waals surface area contributed by atoms with E-state index in [1.165, 1.54) is 0 Å². The number of ether oxygens (including phenoxy) is 1. The first-order valence-corrected chi connectivity index (χ1v) is 5.28. The van der Waals surface area contributed by atoms with E-state index >= 15 is 0 Å². The highest BCUT2D eigenvalue weighted by molar-refractivity contribution is 9.10. The van der Waals surface area contributed by atoms with Crippen molar-refractivity contribution in [2.45, 2.75) is 0 Å². The Labute approximate surface area is 103 Å². The van der Waals surface area contributed by atoms with Gasteiger partial charge in [-0.1, -0.05) is 11.6 Å². The average Bonchev–Trinajstić information content (AvgIpc) is 2.23. The first-order chi connectivity index (χ1) is 7.61. The fourth-order valence-corrected chi connectivity index (χ4v) is 1.69. The van der Waals surface area contributed by atoms with Gasteiger partial charge in [-0.2, -0.15) is 0 Å². The standard InChI is InChI=1S/C9H4BrClN2O3/c10-4-1-6-7(2-5(4)11)12-8(15)9(13-6)16-3-14/h1-3H,(H,12,15). The zero-order chi connectivity index (χ0) is 11.7. The van der Waals surface area contributed by atoms with E-state index in [0.29, 0.717) is 20.5 Å². The molecule has 0 aliphatic carbocycles. The predicted molar refractivity (Wildman–Crippen MR) is 61.8 cm³/mol. The van der Waals surface area contributed by atoms with Crippen molar-refractivity contribution in [3.63, 3.8) is 0 Å². The molecule has 2 rings (SSSR count). The molecule has 0 fully saturated rings. The summed E-state index contributed by atoms with van der Waals surface area (Å²) >= 11 is 9.08. The number of nitrogens with zero attached hydrogens (tertiary/aromatic N) is 1. The van der Waals surface area contributed by atoms with Gasteiger partial charge >= 0.3 is 5.56 Å². The molecule has 0 unspecified atom stereocenters. The molecule has 0 aliphatic rings. The number of hydrogen-bond donors (Lipinski definition) is 1. The number of hydrogen-bond acceptors (Lipinski definition) is 4. The molecule has 1 aromatic heterocycles. The van der Waals surface area contributed by atoms with Crippen LogP contribution in [0.15, 0.2) is 21.4 Å². The topological polar surface area (TPSA) is 72.0 Å². The van der Waals surface area contributed by atoms with Gasteiger partial charge in [0, 0.05) is 4.47 Å². The molecular weight excluding hydrogens is 299 g/mol. The fourth-order valence-electron chi connectivity index (χ4n) is 1.19. The summed E-state index contributed by atoms with van der Waals surface area (Å²) in [4.78, 5) is 27.9. The Bertz CT molecular complexity index is 626. The van der Waals surface area contributed by atoms with Crippen molar-refractivity contribution in [3.05, 3.63) is 32.0 Å². The normalized spacial score (nSPS) is 10.4. The quantitative estimate of drug-likeness (QED) is 0.860. The molecule has 82 valence electrons. The number of nitrogens with one attached hydrogen (secondary N) is 1. The number of carbonyl (C=O) groups is 1. The number of rotatable bonds is 2. The van der Waals surface area contributed by atoms with Crippen molar-refractivity contribution in [1.82, 2.24) is 9.97 Å². The van der Waals surface area contributed by atoms with E-state index in [9.17, 15) is 9.59 Å². The number of H-pyrrole nitrogens is 1. The lowest BCUT2D eigenvalue weighted by atomic mass is 10.3. The third-order valence-corrected chi connectivity index (χ3v) is 3.06. The van der Waals surface area contributed by atoms with Crippen LogP contribution in [0.1, 0.15) is 0 Å².